The number of rotatable bonds is 40. The molecule has 10 nitrogen and oxygen atoms in total. The van der Waals surface area contributed by atoms with Crippen LogP contribution in [0.1, 0.15) is 181 Å². The molecule has 0 aliphatic carbocycles. The van der Waals surface area contributed by atoms with Crippen LogP contribution in [0.3, 0.4) is 0 Å². The summed E-state index contributed by atoms with van der Waals surface area (Å²) in [5, 5.41) is 18.3. The highest BCUT2D eigenvalue weighted by atomic mass is 31.2. The number of hydrogen-bond acceptors (Lipinski definition) is 10. The summed E-state index contributed by atoms with van der Waals surface area (Å²) in [6, 6.07) is 0. The zero-order valence-electron chi connectivity index (χ0n) is 34.6. The molecular formula is C44H78O10P-. The van der Waals surface area contributed by atoms with Gasteiger partial charge in [0.25, 0.3) is 7.82 Å². The van der Waals surface area contributed by atoms with Gasteiger partial charge in [0.1, 0.15) is 12.7 Å². The van der Waals surface area contributed by atoms with Crippen molar-refractivity contribution in [1.29, 1.82) is 0 Å². The molecule has 0 fully saturated rings. The summed E-state index contributed by atoms with van der Waals surface area (Å²) in [5.41, 5.74) is 0. The van der Waals surface area contributed by atoms with Gasteiger partial charge in [-0.1, -0.05) is 165 Å². The van der Waals surface area contributed by atoms with Gasteiger partial charge in [-0.2, -0.15) is 0 Å². The molecule has 0 saturated carbocycles. The second-order valence-corrected chi connectivity index (χ2v) is 15.8. The van der Waals surface area contributed by atoms with Crippen molar-refractivity contribution in [2.75, 3.05) is 26.4 Å². The lowest BCUT2D eigenvalue weighted by atomic mass is 10.0. The van der Waals surface area contributed by atoms with E-state index in [1.165, 1.54) is 89.9 Å². The van der Waals surface area contributed by atoms with Gasteiger partial charge in [0.15, 0.2) is 6.10 Å². The van der Waals surface area contributed by atoms with E-state index in [9.17, 15) is 24.2 Å². The van der Waals surface area contributed by atoms with E-state index >= 15 is 0 Å². The van der Waals surface area contributed by atoms with Gasteiger partial charge < -0.3 is 33.6 Å². The van der Waals surface area contributed by atoms with E-state index in [1.807, 2.05) is 12.2 Å². The van der Waals surface area contributed by atoms with E-state index in [2.05, 4.69) is 54.8 Å². The number of hydrogen-bond donors (Lipinski definition) is 2. The Kier molecular flexibility index (Phi) is 38.6. The van der Waals surface area contributed by atoms with Crippen LogP contribution in [0.4, 0.5) is 0 Å². The van der Waals surface area contributed by atoms with Crippen LogP contribution in [0.25, 0.3) is 0 Å². The monoisotopic (exact) mass is 798 g/mol. The molecule has 0 aromatic carbocycles. The highest BCUT2D eigenvalue weighted by Crippen LogP contribution is 2.38. The van der Waals surface area contributed by atoms with Crippen LogP contribution < -0.4 is 4.89 Å². The van der Waals surface area contributed by atoms with Crippen molar-refractivity contribution in [2.24, 2.45) is 0 Å². The topological polar surface area (TPSA) is 152 Å². The largest absolute Gasteiger partial charge is 0.756 e. The minimum Gasteiger partial charge on any atom is -0.756 e. The number of aliphatic hydroxyl groups excluding tert-OH is 2. The summed E-state index contributed by atoms with van der Waals surface area (Å²) in [5.74, 6) is -1.02. The lowest BCUT2D eigenvalue weighted by Crippen LogP contribution is -2.30. The summed E-state index contributed by atoms with van der Waals surface area (Å²) in [6.07, 6.45) is 42.0. The van der Waals surface area contributed by atoms with E-state index in [0.29, 0.717) is 19.3 Å². The maximum atomic E-state index is 12.6. The first-order chi connectivity index (χ1) is 26.7. The van der Waals surface area contributed by atoms with Crippen LogP contribution in [0, 0.1) is 0 Å². The summed E-state index contributed by atoms with van der Waals surface area (Å²) in [6.45, 7) is 2.11. The number of phosphoric acid groups is 1. The van der Waals surface area contributed by atoms with Gasteiger partial charge in [-0.05, 0) is 51.4 Å². The lowest BCUT2D eigenvalue weighted by Gasteiger charge is -2.26. The summed E-state index contributed by atoms with van der Waals surface area (Å²) < 4.78 is 32.3. The Morgan fingerprint density at radius 1 is 0.564 bits per heavy atom. The summed E-state index contributed by atoms with van der Waals surface area (Å²) >= 11 is 0. The fraction of sp³-hybridized carbons (Fsp3) is 0.773. The second kappa shape index (κ2) is 40.1. The van der Waals surface area contributed by atoms with E-state index in [-0.39, 0.29) is 19.4 Å². The summed E-state index contributed by atoms with van der Waals surface area (Å²) in [7, 11) is -4.88. The Hall–Kier alpha value is -2.07. The van der Waals surface area contributed by atoms with Gasteiger partial charge in [-0.15, -0.1) is 0 Å². The normalized spacial score (nSPS) is 14.3. The Balaban J connectivity index is 4.39. The molecule has 2 N–H and O–H groups in total. The lowest BCUT2D eigenvalue weighted by molar-refractivity contribution is -0.230. The predicted octanol–water partition coefficient (Wildman–Crippen LogP) is 10.7. The third kappa shape index (κ3) is 39.9. The molecule has 0 aromatic heterocycles. The number of unbranched alkanes of at least 4 members (excludes halogenated alkanes) is 18. The van der Waals surface area contributed by atoms with Crippen LogP contribution >= 0.6 is 7.82 Å². The second-order valence-electron chi connectivity index (χ2n) is 14.4. The zero-order chi connectivity index (χ0) is 40.5. The molecule has 0 heterocycles. The van der Waals surface area contributed by atoms with Crippen molar-refractivity contribution in [3.05, 3.63) is 48.6 Å². The predicted molar refractivity (Wildman–Crippen MR) is 221 cm³/mol. The fourth-order valence-corrected chi connectivity index (χ4v) is 6.40. The highest BCUT2D eigenvalue weighted by Gasteiger charge is 2.21. The molecular weight excluding hydrogens is 719 g/mol. The Morgan fingerprint density at radius 3 is 1.49 bits per heavy atom. The third-order valence-corrected chi connectivity index (χ3v) is 9.91. The molecule has 0 aliphatic rings. The van der Waals surface area contributed by atoms with E-state index in [4.69, 9.17) is 19.1 Å². The van der Waals surface area contributed by atoms with Crippen molar-refractivity contribution < 1.29 is 47.8 Å². The average Bonchev–Trinajstić information content (AvgIpc) is 3.17. The number of esters is 2. The van der Waals surface area contributed by atoms with Crippen LogP contribution in [-0.4, -0.2) is 60.8 Å². The molecule has 0 bridgehead atoms. The fourth-order valence-electron chi connectivity index (χ4n) is 5.63. The van der Waals surface area contributed by atoms with Gasteiger partial charge in [-0.25, -0.2) is 0 Å². The first kappa shape index (κ1) is 52.9. The van der Waals surface area contributed by atoms with Crippen LogP contribution in [0.5, 0.6) is 0 Å². The molecule has 0 radical (unpaired) electrons. The molecule has 0 aliphatic heterocycles. The molecule has 1 unspecified atom stereocenters. The number of allylic oxidation sites excluding steroid dienone is 8. The first-order valence-corrected chi connectivity index (χ1v) is 23.0. The SMILES string of the molecule is CCCCC/C=C\C/C=C\C/C=C\C/C=C\CCCC(=O)O[C@H](COC(=O)CCCCCCCCCCCCCCCCC)COP(=O)([O-])OC[C@@H](O)CO. The number of carbonyl (C=O) groups is 2. The minimum absolute atomic E-state index is 0.0931. The van der Waals surface area contributed by atoms with Crippen molar-refractivity contribution in [2.45, 2.75) is 193 Å². The van der Waals surface area contributed by atoms with Crippen molar-refractivity contribution in [3.63, 3.8) is 0 Å². The van der Waals surface area contributed by atoms with Gasteiger partial charge in [0, 0.05) is 12.8 Å². The molecule has 0 aromatic rings. The minimum atomic E-state index is -4.88. The average molecular weight is 798 g/mol. The molecule has 320 valence electrons. The molecule has 0 spiro atoms. The molecule has 11 heteroatoms. The van der Waals surface area contributed by atoms with E-state index < -0.39 is 51.8 Å². The van der Waals surface area contributed by atoms with Gasteiger partial charge in [-0.3, -0.25) is 14.2 Å². The smallest absolute Gasteiger partial charge is 0.306 e. The van der Waals surface area contributed by atoms with E-state index in [0.717, 1.165) is 44.9 Å². The van der Waals surface area contributed by atoms with Crippen LogP contribution in [0.15, 0.2) is 48.6 Å². The number of ether oxygens (including phenoxy) is 2. The molecule has 3 atom stereocenters. The third-order valence-electron chi connectivity index (χ3n) is 8.98. The van der Waals surface area contributed by atoms with Crippen LogP contribution in [-0.2, 0) is 32.7 Å². The number of phosphoric ester groups is 1. The van der Waals surface area contributed by atoms with Crippen molar-refractivity contribution in [3.8, 4) is 0 Å². The highest BCUT2D eigenvalue weighted by molar-refractivity contribution is 7.45. The standard InChI is InChI=1S/C44H79O10P/c1-3-5-7-9-11-13-15-17-19-20-22-24-26-28-30-32-34-36-44(48)54-42(40-53-55(49,50)52-38-41(46)37-45)39-51-43(47)35-33-31-29-27-25-23-21-18-16-14-12-10-8-6-4-2/h11,13,17,19,22,24,28,30,41-42,45-46H,3-10,12,14-16,18,20-21,23,25-27,29,31-40H2,1-2H3,(H,49,50)/p-1/b13-11-,19-17-,24-22-,30-28-/t41-,42+/m0/s1. The van der Waals surface area contributed by atoms with Crippen molar-refractivity contribution >= 4 is 19.8 Å². The van der Waals surface area contributed by atoms with Crippen LogP contribution in [0.2, 0.25) is 0 Å². The maximum absolute atomic E-state index is 12.6. The maximum Gasteiger partial charge on any atom is 0.306 e. The van der Waals surface area contributed by atoms with Gasteiger partial charge >= 0.3 is 11.9 Å². The zero-order valence-corrected chi connectivity index (χ0v) is 35.5. The Labute approximate surface area is 334 Å². The van der Waals surface area contributed by atoms with Gasteiger partial charge in [0.2, 0.25) is 0 Å². The molecule has 0 amide bonds. The Bertz CT molecular complexity index is 1060. The quantitative estimate of drug-likeness (QED) is 0.0265. The number of carbonyl (C=O) groups excluding carboxylic acids is 2. The first-order valence-electron chi connectivity index (χ1n) is 21.6. The molecule has 55 heavy (non-hydrogen) atoms. The number of aliphatic hydroxyl groups is 2. The van der Waals surface area contributed by atoms with E-state index in [1.54, 1.807) is 0 Å². The Morgan fingerprint density at radius 2 is 0.982 bits per heavy atom. The summed E-state index contributed by atoms with van der Waals surface area (Å²) in [4.78, 5) is 37.1. The van der Waals surface area contributed by atoms with Crippen molar-refractivity contribution in [1.82, 2.24) is 0 Å². The molecule has 0 saturated heterocycles. The molecule has 0 rings (SSSR count). The van der Waals surface area contributed by atoms with Gasteiger partial charge in [0.05, 0.1) is 19.8 Å².